The van der Waals surface area contributed by atoms with Gasteiger partial charge in [-0.2, -0.15) is 0 Å². The highest BCUT2D eigenvalue weighted by Crippen LogP contribution is 2.25. The number of halogens is 1. The van der Waals surface area contributed by atoms with Gasteiger partial charge in [-0.1, -0.05) is 48.4 Å². The molecule has 1 aliphatic rings. The van der Waals surface area contributed by atoms with Crippen LogP contribution in [0.25, 0.3) is 0 Å². The van der Waals surface area contributed by atoms with Crippen molar-refractivity contribution in [2.75, 3.05) is 13.1 Å². The van der Waals surface area contributed by atoms with E-state index < -0.39 is 6.04 Å². The first kappa shape index (κ1) is 25.8. The average Bonchev–Trinajstić information content (AvgIpc) is 2.83. The summed E-state index contributed by atoms with van der Waals surface area (Å²) in [6.07, 6.45) is 2.64. The fourth-order valence-electron chi connectivity index (χ4n) is 4.23. The lowest BCUT2D eigenvalue weighted by molar-refractivity contribution is -0.127. The molecule has 34 heavy (non-hydrogen) atoms. The first-order chi connectivity index (χ1) is 16.5. The summed E-state index contributed by atoms with van der Waals surface area (Å²) in [4.78, 5) is 29.1. The molecule has 180 valence electrons. The molecule has 2 aromatic carbocycles. The van der Waals surface area contributed by atoms with Crippen molar-refractivity contribution in [1.29, 1.82) is 0 Å². The lowest BCUT2D eigenvalue weighted by Gasteiger charge is -2.39. The molecule has 0 radical (unpaired) electrons. The summed E-state index contributed by atoms with van der Waals surface area (Å²) in [6.45, 7) is 5.85. The molecule has 1 heterocycles. The van der Waals surface area contributed by atoms with Crippen LogP contribution in [-0.2, 0) is 22.6 Å². The molecule has 3 rings (SSSR count). The third-order valence-electron chi connectivity index (χ3n) is 6.04. The third kappa shape index (κ3) is 7.89. The van der Waals surface area contributed by atoms with Crippen LogP contribution in [0.15, 0.2) is 54.6 Å². The minimum absolute atomic E-state index is 0.122. The standard InChI is InChI=1S/C27H32BrN3O3/c1-20-26(10-6-17-31(20)19-23-8-4-3-5-9-23)34-24-13-11-22(12-14-24)18-25(30-21(2)32)27(33)29-16-7-15-28/h3-5,8-9,11-14,20,25-26H,6,10,16-19H2,1-2H3,(H,29,33)(H,30,32). The van der Waals surface area contributed by atoms with Crippen LogP contribution in [0.5, 0.6) is 5.75 Å². The van der Waals surface area contributed by atoms with Gasteiger partial charge in [0.15, 0.2) is 0 Å². The molecule has 0 spiro atoms. The van der Waals surface area contributed by atoms with E-state index >= 15 is 0 Å². The summed E-state index contributed by atoms with van der Waals surface area (Å²) < 4.78 is 6.36. The fourth-order valence-corrected chi connectivity index (χ4v) is 4.37. The number of carbonyl (C=O) groups excluding carboxylic acids is 2. The Bertz CT molecular complexity index is 1000. The quantitative estimate of drug-likeness (QED) is 0.490. The zero-order valence-corrected chi connectivity index (χ0v) is 21.3. The molecule has 0 aliphatic carbocycles. The maximum Gasteiger partial charge on any atom is 0.243 e. The SMILES string of the molecule is CC(=O)NC(Cc1ccc(OC2CCCN(Cc3ccccc3)C2C)cc1)C(=O)NCC#CBr. The molecule has 1 fully saturated rings. The topological polar surface area (TPSA) is 70.7 Å². The van der Waals surface area contributed by atoms with E-state index in [1.807, 2.05) is 30.3 Å². The van der Waals surface area contributed by atoms with Gasteiger partial charge in [-0.05, 0) is 54.4 Å². The second-order valence-corrected chi connectivity index (χ2v) is 8.98. The first-order valence-electron chi connectivity index (χ1n) is 11.6. The van der Waals surface area contributed by atoms with Crippen LogP contribution in [0.1, 0.15) is 37.8 Å². The average molecular weight is 526 g/mol. The van der Waals surface area contributed by atoms with E-state index in [0.29, 0.717) is 12.5 Å². The first-order valence-corrected chi connectivity index (χ1v) is 12.4. The molecule has 0 saturated carbocycles. The molecule has 1 saturated heterocycles. The smallest absolute Gasteiger partial charge is 0.243 e. The summed E-state index contributed by atoms with van der Waals surface area (Å²) >= 11 is 3.00. The fraction of sp³-hybridized carbons (Fsp3) is 0.407. The van der Waals surface area contributed by atoms with Crippen LogP contribution in [0.3, 0.4) is 0 Å². The summed E-state index contributed by atoms with van der Waals surface area (Å²) in [5, 5.41) is 5.43. The van der Waals surface area contributed by atoms with Gasteiger partial charge in [-0.25, -0.2) is 0 Å². The van der Waals surface area contributed by atoms with Crippen LogP contribution < -0.4 is 15.4 Å². The minimum Gasteiger partial charge on any atom is -0.489 e. The van der Waals surface area contributed by atoms with Crippen LogP contribution in [0.4, 0.5) is 0 Å². The molecule has 7 heteroatoms. The number of hydrogen-bond acceptors (Lipinski definition) is 4. The van der Waals surface area contributed by atoms with Gasteiger partial charge in [-0.15, -0.1) is 0 Å². The number of hydrogen-bond donors (Lipinski definition) is 2. The van der Waals surface area contributed by atoms with Gasteiger partial charge in [0.2, 0.25) is 11.8 Å². The molecular weight excluding hydrogens is 494 g/mol. The van der Waals surface area contributed by atoms with Crippen molar-refractivity contribution >= 4 is 27.7 Å². The summed E-state index contributed by atoms with van der Waals surface area (Å²) in [5.74, 6) is 3.02. The Balaban J connectivity index is 1.58. The number of likely N-dealkylation sites (tertiary alicyclic amines) is 1. The van der Waals surface area contributed by atoms with Crippen molar-refractivity contribution in [3.63, 3.8) is 0 Å². The van der Waals surface area contributed by atoms with E-state index in [1.54, 1.807) is 0 Å². The number of ether oxygens (including phenoxy) is 1. The van der Waals surface area contributed by atoms with E-state index in [4.69, 9.17) is 4.74 Å². The highest BCUT2D eigenvalue weighted by atomic mass is 79.9. The molecule has 0 aromatic heterocycles. The molecule has 3 unspecified atom stereocenters. The molecule has 2 aromatic rings. The van der Waals surface area contributed by atoms with Gasteiger partial charge < -0.3 is 15.4 Å². The van der Waals surface area contributed by atoms with Crippen molar-refractivity contribution in [3.05, 3.63) is 65.7 Å². The Labute approximate surface area is 210 Å². The normalized spacial score (nSPS) is 18.8. The summed E-state index contributed by atoms with van der Waals surface area (Å²) in [5.41, 5.74) is 2.26. The zero-order chi connectivity index (χ0) is 24.3. The molecule has 2 N–H and O–H groups in total. The van der Waals surface area contributed by atoms with Crippen LogP contribution in [-0.4, -0.2) is 48.0 Å². The molecular formula is C27H32BrN3O3. The Hall–Kier alpha value is -2.82. The van der Waals surface area contributed by atoms with Gasteiger partial charge in [-0.3, -0.25) is 14.5 Å². The number of carbonyl (C=O) groups is 2. The summed E-state index contributed by atoms with van der Waals surface area (Å²) in [7, 11) is 0. The predicted molar refractivity (Wildman–Crippen MR) is 137 cm³/mol. The van der Waals surface area contributed by atoms with Crippen molar-refractivity contribution in [2.24, 2.45) is 0 Å². The lowest BCUT2D eigenvalue weighted by atomic mass is 9.99. The molecule has 6 nitrogen and oxygen atoms in total. The number of amides is 2. The predicted octanol–water partition coefficient (Wildman–Crippen LogP) is 3.64. The number of nitrogens with one attached hydrogen (secondary N) is 2. The second kappa shape index (κ2) is 13.2. The lowest BCUT2D eigenvalue weighted by Crippen LogP contribution is -2.48. The zero-order valence-electron chi connectivity index (χ0n) is 19.7. The van der Waals surface area contributed by atoms with E-state index in [9.17, 15) is 9.59 Å². The third-order valence-corrected chi connectivity index (χ3v) is 6.32. The monoisotopic (exact) mass is 525 g/mol. The van der Waals surface area contributed by atoms with Crippen molar-refractivity contribution in [3.8, 4) is 16.5 Å². The van der Waals surface area contributed by atoms with Gasteiger partial charge in [0.25, 0.3) is 0 Å². The number of benzene rings is 2. The Kier molecular flexibility index (Phi) is 9.99. The molecule has 0 bridgehead atoms. The number of rotatable bonds is 9. The van der Waals surface area contributed by atoms with E-state index in [0.717, 1.165) is 37.2 Å². The molecule has 2 amide bonds. The van der Waals surface area contributed by atoms with Gasteiger partial charge in [0.05, 0.1) is 6.54 Å². The van der Waals surface area contributed by atoms with Crippen LogP contribution >= 0.6 is 15.9 Å². The van der Waals surface area contributed by atoms with Crippen molar-refractivity contribution in [2.45, 2.75) is 57.8 Å². The van der Waals surface area contributed by atoms with E-state index in [1.165, 1.54) is 12.5 Å². The molecule has 1 aliphatic heterocycles. The van der Waals surface area contributed by atoms with Gasteiger partial charge >= 0.3 is 0 Å². The highest BCUT2D eigenvalue weighted by Gasteiger charge is 2.29. The van der Waals surface area contributed by atoms with E-state index in [2.05, 4.69) is 73.4 Å². The van der Waals surface area contributed by atoms with Crippen LogP contribution in [0.2, 0.25) is 0 Å². The maximum absolute atomic E-state index is 12.4. The largest absolute Gasteiger partial charge is 0.489 e. The van der Waals surface area contributed by atoms with Crippen molar-refractivity contribution < 1.29 is 14.3 Å². The summed E-state index contributed by atoms with van der Waals surface area (Å²) in [6, 6.07) is 18.0. The maximum atomic E-state index is 12.4. The van der Waals surface area contributed by atoms with Gasteiger partial charge in [0.1, 0.15) is 17.9 Å². The minimum atomic E-state index is -0.661. The van der Waals surface area contributed by atoms with E-state index in [-0.39, 0.29) is 24.5 Å². The number of piperidine rings is 1. The highest BCUT2D eigenvalue weighted by molar-refractivity contribution is 9.12. The van der Waals surface area contributed by atoms with Crippen molar-refractivity contribution in [1.82, 2.24) is 15.5 Å². The Morgan fingerprint density at radius 3 is 2.56 bits per heavy atom. The van der Waals surface area contributed by atoms with Gasteiger partial charge in [0, 0.05) is 41.9 Å². The van der Waals surface area contributed by atoms with Crippen LogP contribution in [0, 0.1) is 10.8 Å². The Morgan fingerprint density at radius 2 is 1.88 bits per heavy atom. The molecule has 3 atom stereocenters. The Morgan fingerprint density at radius 1 is 1.15 bits per heavy atom. The number of nitrogens with zero attached hydrogens (tertiary/aromatic N) is 1. The second-order valence-electron chi connectivity index (χ2n) is 8.59.